The van der Waals surface area contributed by atoms with Crippen LogP contribution in [0, 0.1) is 52.3 Å². The zero-order chi connectivity index (χ0) is 43.9. The number of ketones is 1. The van der Waals surface area contributed by atoms with Gasteiger partial charge in [-0.3, -0.25) is 64.4 Å². The molecule has 26 nitrogen and oxygen atoms in total. The molecule has 58 heavy (non-hydrogen) atoms. The first-order valence-electron chi connectivity index (χ1n) is 17.5. The van der Waals surface area contributed by atoms with E-state index in [-0.39, 0.29) is 12.3 Å². The molecular formula is C32H44N4O22. The Morgan fingerprint density at radius 2 is 1.21 bits per heavy atom. The summed E-state index contributed by atoms with van der Waals surface area (Å²) in [7, 11) is 0. The molecule has 1 saturated carbocycles. The Bertz CT molecular complexity index is 1540. The second-order valence-corrected chi connectivity index (χ2v) is 12.4. The third kappa shape index (κ3) is 18.9. The van der Waals surface area contributed by atoms with E-state index in [9.17, 15) is 84.5 Å². The molecule has 0 radical (unpaired) electrons. The van der Waals surface area contributed by atoms with Gasteiger partial charge in [-0.1, -0.05) is 37.6 Å². The molecule has 1 heterocycles. The summed E-state index contributed by atoms with van der Waals surface area (Å²) in [6.45, 7) is -2.38. The van der Waals surface area contributed by atoms with Crippen molar-refractivity contribution in [3.05, 3.63) is 64.8 Å². The number of esters is 4. The van der Waals surface area contributed by atoms with Crippen molar-refractivity contribution in [3.63, 3.8) is 0 Å². The van der Waals surface area contributed by atoms with Crippen molar-refractivity contribution in [3.8, 4) is 0 Å². The minimum absolute atomic E-state index is 0.231. The zero-order valence-corrected chi connectivity index (χ0v) is 31.0. The zero-order valence-electron chi connectivity index (χ0n) is 31.0. The molecule has 9 unspecified atom stereocenters. The van der Waals surface area contributed by atoms with Crippen LogP contribution >= 0.6 is 0 Å². The first-order valence-corrected chi connectivity index (χ1v) is 17.5. The van der Waals surface area contributed by atoms with Gasteiger partial charge in [0.2, 0.25) is 26.2 Å². The van der Waals surface area contributed by atoms with E-state index in [1.807, 2.05) is 12.2 Å². The number of aliphatic hydroxyl groups excluding tert-OH is 3. The number of unbranched alkanes of at least 4 members (excludes halogenated alkanes) is 1. The normalized spacial score (nSPS) is 25.4. The maximum Gasteiger partial charge on any atom is 0.313 e. The number of Topliss-reactive ketones (excluding diaryl/α,β-unsaturated/α-hetero) is 1. The van der Waals surface area contributed by atoms with Crippen molar-refractivity contribution in [2.24, 2.45) is 11.8 Å². The molecule has 1 saturated heterocycles. The van der Waals surface area contributed by atoms with Crippen molar-refractivity contribution in [2.45, 2.75) is 94.8 Å². The molecule has 3 N–H and O–H groups in total. The summed E-state index contributed by atoms with van der Waals surface area (Å²) in [6, 6.07) is 0. The molecule has 0 bridgehead atoms. The summed E-state index contributed by atoms with van der Waals surface area (Å²) in [5, 5.41) is 71.6. The van der Waals surface area contributed by atoms with Crippen LogP contribution in [0.15, 0.2) is 24.3 Å². The van der Waals surface area contributed by atoms with Gasteiger partial charge < -0.3 is 43.8 Å². The maximum atomic E-state index is 12.3. The van der Waals surface area contributed by atoms with Crippen molar-refractivity contribution in [2.75, 3.05) is 32.8 Å². The van der Waals surface area contributed by atoms with Crippen LogP contribution in [-0.2, 0) is 52.5 Å². The summed E-state index contributed by atoms with van der Waals surface area (Å²) in [5.41, 5.74) is 0. The molecule has 2 rings (SSSR count). The second-order valence-electron chi connectivity index (χ2n) is 12.4. The molecule has 0 aromatic rings. The topological polar surface area (TPSA) is 382 Å². The number of aliphatic hydroxyl groups is 3. The highest BCUT2D eigenvalue weighted by Gasteiger charge is 2.52. The molecule has 0 aromatic carbocycles. The summed E-state index contributed by atoms with van der Waals surface area (Å²) in [5.74, 6) is -6.83. The van der Waals surface area contributed by atoms with Gasteiger partial charge in [0.05, 0.1) is 12.0 Å². The molecule has 9 atom stereocenters. The molecule has 0 aromatic heterocycles. The molecule has 324 valence electrons. The first kappa shape index (κ1) is 50.2. The quantitative estimate of drug-likeness (QED) is 0.0216. The van der Waals surface area contributed by atoms with Gasteiger partial charge in [-0.05, 0) is 18.8 Å². The summed E-state index contributed by atoms with van der Waals surface area (Å²) in [4.78, 5) is 110. The van der Waals surface area contributed by atoms with E-state index in [1.54, 1.807) is 12.2 Å². The van der Waals surface area contributed by atoms with Crippen LogP contribution in [-0.4, -0.2) is 147 Å². The Labute approximate surface area is 327 Å². The van der Waals surface area contributed by atoms with Crippen LogP contribution in [0.1, 0.15) is 51.9 Å². The van der Waals surface area contributed by atoms with Crippen molar-refractivity contribution >= 4 is 35.9 Å². The fourth-order valence-corrected chi connectivity index (χ4v) is 5.11. The van der Waals surface area contributed by atoms with Gasteiger partial charge in [-0.2, -0.15) is 0 Å². The molecule has 26 heteroatoms. The van der Waals surface area contributed by atoms with Gasteiger partial charge in [-0.15, -0.1) is 0 Å². The highest BCUT2D eigenvalue weighted by atomic mass is 16.7. The molecular weight excluding hydrogens is 792 g/mol. The Kier molecular flexibility index (Phi) is 22.6. The van der Waals surface area contributed by atoms with Crippen molar-refractivity contribution in [1.82, 2.24) is 0 Å². The Morgan fingerprint density at radius 3 is 1.67 bits per heavy atom. The van der Waals surface area contributed by atoms with Crippen molar-refractivity contribution in [1.29, 1.82) is 0 Å². The molecule has 1 aliphatic heterocycles. The predicted molar refractivity (Wildman–Crippen MR) is 185 cm³/mol. The number of carbonyl (C=O) groups is 6. The van der Waals surface area contributed by atoms with Crippen molar-refractivity contribution < 1.29 is 87.5 Å². The molecule has 0 spiro atoms. The van der Waals surface area contributed by atoms with Crippen LogP contribution in [0.4, 0.5) is 0 Å². The first-order chi connectivity index (χ1) is 27.3. The average Bonchev–Trinajstić information content (AvgIpc) is 3.15. The number of nitrogens with zero attached hydrogens (tertiary/aromatic N) is 4. The summed E-state index contributed by atoms with van der Waals surface area (Å²) < 4.78 is 25.1. The van der Waals surface area contributed by atoms with E-state index in [1.165, 1.54) is 0 Å². The molecule has 1 aliphatic carbocycles. The molecule has 2 aliphatic rings. The highest BCUT2D eigenvalue weighted by Crippen LogP contribution is 2.30. The van der Waals surface area contributed by atoms with E-state index in [4.69, 9.17) is 23.7 Å². The number of hydrogen-bond acceptors (Lipinski definition) is 22. The maximum absolute atomic E-state index is 12.3. The molecule has 0 amide bonds. The van der Waals surface area contributed by atoms with Crippen LogP contribution in [0.25, 0.3) is 0 Å². The van der Waals surface area contributed by atoms with Gasteiger partial charge in [0.1, 0.15) is 50.8 Å². The lowest BCUT2D eigenvalue weighted by Crippen LogP contribution is -2.62. The number of carbonyl (C=O) groups excluding carboxylic acids is 6. The third-order valence-electron chi connectivity index (χ3n) is 7.98. The Balaban J connectivity index is 0.000000775. The van der Waals surface area contributed by atoms with Gasteiger partial charge >= 0.3 is 23.9 Å². The van der Waals surface area contributed by atoms with E-state index in [0.29, 0.717) is 6.29 Å². The number of aldehydes is 1. The molecule has 2 fully saturated rings. The fraction of sp³-hybridized carbons (Fsp3) is 0.688. The SMILES string of the molecule is CCCC=CC=CC1CC(O)C(O)C(=O)C1C=O.O=C(CC[N+](=O)[O-])OCC1OC(O)C(OC(=O)CC[N+](=O)[O-])C(OC(=O)CC[N+](=O)[O-])C1OC(=O)CC[N+](=O)[O-]. The van der Waals surface area contributed by atoms with Gasteiger partial charge in [0.25, 0.3) is 0 Å². The van der Waals surface area contributed by atoms with Gasteiger partial charge in [0, 0.05) is 19.7 Å². The Hall–Kier alpha value is -5.86. The van der Waals surface area contributed by atoms with Crippen LogP contribution < -0.4 is 0 Å². The van der Waals surface area contributed by atoms with E-state index in [0.717, 1.165) is 12.8 Å². The standard InChI is InChI=1S/C18H24N4O18.C14H20O4/c23-11(1-5-19(28)29)36-9-10-15(38-12(24)2-6-20(30)31)16(39-13(25)3-7-21(32)33)17(18(27)37-10)40-14(26)4-8-22(34)35;1-2-3-4-5-6-7-10-8-12(16)14(18)13(17)11(10)9-15/h10,15-18,27H,1-9H2;4-7,9-12,14,16,18H,2-3,8H2,1H3. The van der Waals surface area contributed by atoms with E-state index >= 15 is 0 Å². The number of ether oxygens (including phenoxy) is 5. The lowest BCUT2D eigenvalue weighted by atomic mass is 9.76. The number of hydrogen-bond donors (Lipinski definition) is 3. The van der Waals surface area contributed by atoms with Crippen LogP contribution in [0.2, 0.25) is 0 Å². The van der Waals surface area contributed by atoms with Crippen LogP contribution in [0.3, 0.4) is 0 Å². The summed E-state index contributed by atoms with van der Waals surface area (Å²) in [6.07, 6.45) is -5.45. The largest absolute Gasteiger partial charge is 0.463 e. The van der Waals surface area contributed by atoms with E-state index < -0.39 is 157 Å². The minimum Gasteiger partial charge on any atom is -0.463 e. The minimum atomic E-state index is -2.22. The van der Waals surface area contributed by atoms with E-state index in [2.05, 4.69) is 6.92 Å². The Morgan fingerprint density at radius 1 is 0.741 bits per heavy atom. The monoisotopic (exact) mass is 836 g/mol. The number of nitro groups is 4. The van der Waals surface area contributed by atoms with Crippen LogP contribution in [0.5, 0.6) is 0 Å². The third-order valence-corrected chi connectivity index (χ3v) is 7.98. The number of allylic oxidation sites excluding steroid dienone is 4. The average molecular weight is 837 g/mol. The smallest absolute Gasteiger partial charge is 0.313 e. The summed E-state index contributed by atoms with van der Waals surface area (Å²) >= 11 is 0. The fourth-order valence-electron chi connectivity index (χ4n) is 5.11. The second kappa shape index (κ2) is 26.1. The number of rotatable bonds is 22. The lowest BCUT2D eigenvalue weighted by molar-refractivity contribution is -0.479. The predicted octanol–water partition coefficient (Wildman–Crippen LogP) is -1.33. The van der Waals surface area contributed by atoms with Gasteiger partial charge in [-0.25, -0.2) is 0 Å². The lowest BCUT2D eigenvalue weighted by Gasteiger charge is -2.42. The highest BCUT2D eigenvalue weighted by molar-refractivity contribution is 5.97. The van der Waals surface area contributed by atoms with Gasteiger partial charge in [0.15, 0.2) is 30.4 Å².